The third kappa shape index (κ3) is 1.76. The van der Waals surface area contributed by atoms with Gasteiger partial charge in [0.1, 0.15) is 0 Å². The Hall–Kier alpha value is -0.0400. The molecular weight excluding hydrogens is 232 g/mol. The normalized spacial score (nSPS) is 49.7. The summed E-state index contributed by atoms with van der Waals surface area (Å²) < 4.78 is 6.90. The fourth-order valence-corrected chi connectivity index (χ4v) is 5.72. The van der Waals surface area contributed by atoms with Gasteiger partial charge in [-0.15, -0.1) is 0 Å². The smallest absolute Gasteiger partial charge is 0.0777 e. The minimum absolute atomic E-state index is 0.112. The molecule has 1 unspecified atom stereocenters. The molecule has 1 spiro atoms. The summed E-state index contributed by atoms with van der Waals surface area (Å²) in [5.41, 5.74) is 0.761. The molecule has 2 aliphatic carbocycles. The second-order valence-corrected chi connectivity index (χ2v) is 8.48. The van der Waals surface area contributed by atoms with Gasteiger partial charge in [-0.25, -0.2) is 0 Å². The third-order valence-corrected chi connectivity index (χ3v) is 7.22. The van der Waals surface area contributed by atoms with Gasteiger partial charge in [0.25, 0.3) is 0 Å². The number of ether oxygens (including phenoxy) is 1. The quantitative estimate of drug-likeness (QED) is 0.667. The number of hydrogen-bond donors (Lipinski definition) is 0. The van der Waals surface area contributed by atoms with Crippen molar-refractivity contribution < 1.29 is 4.74 Å². The van der Waals surface area contributed by atoms with Crippen molar-refractivity contribution in [1.29, 1.82) is 0 Å². The predicted octanol–water partition coefficient (Wildman–Crippen LogP) is 5.19. The summed E-state index contributed by atoms with van der Waals surface area (Å²) in [6.45, 7) is 12.1. The van der Waals surface area contributed by atoms with Gasteiger partial charge < -0.3 is 4.74 Å². The van der Waals surface area contributed by atoms with E-state index in [0.717, 1.165) is 17.8 Å². The summed E-state index contributed by atoms with van der Waals surface area (Å²) in [4.78, 5) is 0. The monoisotopic (exact) mass is 264 g/mol. The first-order valence-electron chi connectivity index (χ1n) is 8.55. The highest BCUT2D eigenvalue weighted by molar-refractivity contribution is 5.15. The summed E-state index contributed by atoms with van der Waals surface area (Å²) in [5, 5.41) is 0. The van der Waals surface area contributed by atoms with Crippen molar-refractivity contribution in [2.24, 2.45) is 23.2 Å². The van der Waals surface area contributed by atoms with E-state index in [9.17, 15) is 0 Å². The maximum atomic E-state index is 6.90. The minimum Gasteiger partial charge on any atom is -0.368 e. The van der Waals surface area contributed by atoms with Crippen molar-refractivity contribution in [3.63, 3.8) is 0 Å². The van der Waals surface area contributed by atoms with Crippen molar-refractivity contribution in [1.82, 2.24) is 0 Å². The van der Waals surface area contributed by atoms with Crippen LogP contribution in [0.15, 0.2) is 0 Å². The molecule has 5 atom stereocenters. The molecule has 3 fully saturated rings. The molecule has 0 radical (unpaired) electrons. The number of hydrogen-bond acceptors (Lipinski definition) is 1. The van der Waals surface area contributed by atoms with Crippen LogP contribution in [0, 0.1) is 23.2 Å². The molecule has 0 amide bonds. The van der Waals surface area contributed by atoms with Crippen LogP contribution < -0.4 is 0 Å². The fraction of sp³-hybridized carbons (Fsp3) is 1.00. The first-order valence-corrected chi connectivity index (χ1v) is 8.55. The van der Waals surface area contributed by atoms with Crippen molar-refractivity contribution in [2.75, 3.05) is 0 Å². The van der Waals surface area contributed by atoms with Crippen molar-refractivity contribution in [3.05, 3.63) is 0 Å². The largest absolute Gasteiger partial charge is 0.368 e. The van der Waals surface area contributed by atoms with Gasteiger partial charge in [-0.05, 0) is 69.1 Å². The van der Waals surface area contributed by atoms with E-state index in [-0.39, 0.29) is 11.2 Å². The van der Waals surface area contributed by atoms with Crippen molar-refractivity contribution >= 4 is 0 Å². The predicted molar refractivity (Wildman–Crippen MR) is 80.1 cm³/mol. The molecule has 2 saturated carbocycles. The first kappa shape index (κ1) is 13.9. The highest BCUT2D eigenvalue weighted by Crippen LogP contribution is 2.66. The SMILES string of the molecule is CCC(C)[C@@H]1CCC[C@@]2(C)CC[C@@H]3C[C@]12OC3(C)C. The van der Waals surface area contributed by atoms with Crippen LogP contribution in [-0.4, -0.2) is 11.2 Å². The molecule has 0 aromatic rings. The molecule has 1 aliphatic heterocycles. The first-order chi connectivity index (χ1) is 8.85. The Bertz CT molecular complexity index is 361. The van der Waals surface area contributed by atoms with Gasteiger partial charge in [0.05, 0.1) is 11.2 Å². The second-order valence-electron chi connectivity index (χ2n) is 8.48. The lowest BCUT2D eigenvalue weighted by Gasteiger charge is -2.57. The zero-order valence-corrected chi connectivity index (χ0v) is 13.6. The van der Waals surface area contributed by atoms with Crippen LogP contribution in [0.5, 0.6) is 0 Å². The van der Waals surface area contributed by atoms with E-state index in [0.29, 0.717) is 5.41 Å². The van der Waals surface area contributed by atoms with E-state index < -0.39 is 0 Å². The van der Waals surface area contributed by atoms with E-state index in [1.54, 1.807) is 0 Å². The maximum Gasteiger partial charge on any atom is 0.0777 e. The molecule has 1 heterocycles. The highest BCUT2D eigenvalue weighted by atomic mass is 16.5. The lowest BCUT2D eigenvalue weighted by atomic mass is 9.50. The van der Waals surface area contributed by atoms with E-state index >= 15 is 0 Å². The van der Waals surface area contributed by atoms with Gasteiger partial charge in [-0.3, -0.25) is 0 Å². The Kier molecular flexibility index (Phi) is 3.10. The lowest BCUT2D eigenvalue weighted by Crippen LogP contribution is -2.57. The molecule has 3 rings (SSSR count). The molecule has 3 aliphatic rings. The molecule has 0 aromatic heterocycles. The van der Waals surface area contributed by atoms with Gasteiger partial charge >= 0.3 is 0 Å². The average Bonchev–Trinajstić information content (AvgIpc) is 2.58. The van der Waals surface area contributed by atoms with Crippen LogP contribution >= 0.6 is 0 Å². The molecule has 110 valence electrons. The third-order valence-electron chi connectivity index (χ3n) is 7.22. The molecule has 2 bridgehead atoms. The Labute approximate surface area is 119 Å². The molecule has 0 N–H and O–H groups in total. The molecule has 1 nitrogen and oxygen atoms in total. The van der Waals surface area contributed by atoms with Crippen LogP contribution in [0.2, 0.25) is 0 Å². The zero-order chi connectivity index (χ0) is 13.9. The van der Waals surface area contributed by atoms with E-state index in [1.807, 2.05) is 0 Å². The van der Waals surface area contributed by atoms with Gasteiger partial charge in [-0.1, -0.05) is 33.6 Å². The number of rotatable bonds is 2. The lowest BCUT2D eigenvalue weighted by molar-refractivity contribution is -0.206. The molecule has 0 aromatic carbocycles. The van der Waals surface area contributed by atoms with Gasteiger partial charge in [-0.2, -0.15) is 0 Å². The molecule has 1 heteroatoms. The molecule has 1 saturated heterocycles. The second kappa shape index (κ2) is 4.23. The summed E-state index contributed by atoms with van der Waals surface area (Å²) in [7, 11) is 0. The summed E-state index contributed by atoms with van der Waals surface area (Å²) >= 11 is 0. The van der Waals surface area contributed by atoms with Crippen LogP contribution in [0.25, 0.3) is 0 Å². The Balaban J connectivity index is 2.02. The standard InChI is InChI=1S/C18H32O/c1-6-13(2)15-8-7-10-17(5)11-9-14-12-18(15,17)19-16(14,3)4/h13-15H,6-12H2,1-5H3/t13?,14-,15+,17+,18+/m1/s1. The Morgan fingerprint density at radius 3 is 2.58 bits per heavy atom. The summed E-state index contributed by atoms with van der Waals surface area (Å²) in [6.07, 6.45) is 9.63. The minimum atomic E-state index is 0.112. The number of fused-ring (bicyclic) bond motifs is 1. The van der Waals surface area contributed by atoms with E-state index in [2.05, 4.69) is 34.6 Å². The summed E-state index contributed by atoms with van der Waals surface area (Å²) in [6, 6.07) is 0. The zero-order valence-electron chi connectivity index (χ0n) is 13.6. The van der Waals surface area contributed by atoms with Crippen molar-refractivity contribution in [2.45, 2.75) is 90.8 Å². The van der Waals surface area contributed by atoms with Gasteiger partial charge in [0.2, 0.25) is 0 Å². The van der Waals surface area contributed by atoms with E-state index in [1.165, 1.54) is 44.9 Å². The van der Waals surface area contributed by atoms with Gasteiger partial charge in [0.15, 0.2) is 0 Å². The highest BCUT2D eigenvalue weighted by Gasteiger charge is 2.66. The topological polar surface area (TPSA) is 9.23 Å². The van der Waals surface area contributed by atoms with Gasteiger partial charge in [0, 0.05) is 0 Å². The van der Waals surface area contributed by atoms with Crippen LogP contribution in [-0.2, 0) is 4.74 Å². The Morgan fingerprint density at radius 1 is 1.16 bits per heavy atom. The van der Waals surface area contributed by atoms with E-state index in [4.69, 9.17) is 4.74 Å². The molecule has 19 heavy (non-hydrogen) atoms. The van der Waals surface area contributed by atoms with Crippen LogP contribution in [0.1, 0.15) is 79.6 Å². The summed E-state index contributed by atoms with van der Waals surface area (Å²) in [5.74, 6) is 2.40. The Morgan fingerprint density at radius 2 is 1.89 bits per heavy atom. The van der Waals surface area contributed by atoms with Crippen LogP contribution in [0.3, 0.4) is 0 Å². The molecular formula is C18H32O. The van der Waals surface area contributed by atoms with Crippen LogP contribution in [0.4, 0.5) is 0 Å². The fourth-order valence-electron chi connectivity index (χ4n) is 5.72. The van der Waals surface area contributed by atoms with Crippen molar-refractivity contribution in [3.8, 4) is 0 Å². The maximum absolute atomic E-state index is 6.90. The average molecular weight is 264 g/mol.